The highest BCUT2D eigenvalue weighted by Gasteiger charge is 2.39. The molecule has 0 radical (unpaired) electrons. The third-order valence-corrected chi connectivity index (χ3v) is 12.4. The summed E-state index contributed by atoms with van der Waals surface area (Å²) in [6, 6.07) is 14.3. The number of aliphatic hydroxyl groups is 1. The van der Waals surface area contributed by atoms with E-state index in [2.05, 4.69) is 47.2 Å². The number of phenols is 1. The number of aromatic amines is 1. The largest absolute Gasteiger partial charge is 0.508 e. The number of para-hydroxylation sites is 1. The molecule has 0 spiro atoms. The Morgan fingerprint density at radius 3 is 2.01 bits per heavy atom. The fourth-order valence-electron chi connectivity index (χ4n) is 8.64. The Labute approximate surface area is 439 Å². The lowest BCUT2D eigenvalue weighted by Gasteiger charge is -2.30. The molecule has 9 amide bonds. The number of nitrogens with zero attached hydrogens (tertiary/aromatic N) is 2. The molecule has 24 nitrogen and oxygen atoms in total. The molecular formula is C52H69N13O11. The number of aliphatic hydroxyl groups excluding tert-OH is 1. The van der Waals surface area contributed by atoms with Gasteiger partial charge in [0.2, 0.25) is 53.2 Å². The number of hydrogen-bond donors (Lipinski definition) is 13. The first-order chi connectivity index (χ1) is 36.3. The van der Waals surface area contributed by atoms with Gasteiger partial charge in [0.25, 0.3) is 0 Å². The van der Waals surface area contributed by atoms with E-state index in [1.54, 1.807) is 50.4 Å². The van der Waals surface area contributed by atoms with Crippen LogP contribution in [0.15, 0.2) is 90.1 Å². The van der Waals surface area contributed by atoms with E-state index in [9.17, 15) is 53.4 Å². The maximum Gasteiger partial charge on any atom is 0.245 e. The molecule has 1 aliphatic rings. The van der Waals surface area contributed by atoms with Crippen molar-refractivity contribution in [2.45, 2.75) is 101 Å². The molecule has 24 heteroatoms. The van der Waals surface area contributed by atoms with Gasteiger partial charge in [-0.15, -0.1) is 0 Å². The van der Waals surface area contributed by atoms with Gasteiger partial charge in [-0.1, -0.05) is 74.5 Å². The minimum Gasteiger partial charge on any atom is -0.508 e. The number of aromatic hydroxyl groups is 1. The molecule has 0 aliphatic carbocycles. The minimum absolute atomic E-state index is 0.00307. The van der Waals surface area contributed by atoms with E-state index in [1.165, 1.54) is 29.2 Å². The van der Waals surface area contributed by atoms with Crippen LogP contribution in [-0.2, 0) is 62.4 Å². The van der Waals surface area contributed by atoms with Crippen molar-refractivity contribution < 1.29 is 53.4 Å². The number of likely N-dealkylation sites (tertiary alicyclic amines) is 1. The Morgan fingerprint density at radius 1 is 0.697 bits per heavy atom. The van der Waals surface area contributed by atoms with Crippen molar-refractivity contribution in [3.8, 4) is 5.75 Å². The van der Waals surface area contributed by atoms with Gasteiger partial charge in [-0.3, -0.25) is 48.1 Å². The monoisotopic (exact) mass is 1050 g/mol. The molecule has 2 heterocycles. The number of nitrogens with two attached hydrogens (primary N) is 3. The maximum absolute atomic E-state index is 14.1. The molecule has 16 N–H and O–H groups in total. The van der Waals surface area contributed by atoms with Crippen molar-refractivity contribution in [3.05, 3.63) is 102 Å². The maximum atomic E-state index is 14.1. The zero-order valence-electron chi connectivity index (χ0n) is 42.5. The SMILES string of the molecule is CC(C)C[C@H](NC(=O)CNC(=O)[C@H](Cc1ccc(O)cc1)NC(=O)[C@H](CO)NC(=O)[C@H](Cc1c[nH]c2ccccc12)NC(=O)Cc1ccccc1)C(=O)N[C@@H](CCCN=C(N)N)C(=O)N1CCC[C@H]1C(=O)NCC(N)=O. The fraction of sp³-hybridized carbons (Fsp3) is 0.423. The highest BCUT2D eigenvalue weighted by molar-refractivity contribution is 5.98. The normalized spacial score (nSPS) is 15.0. The summed E-state index contributed by atoms with van der Waals surface area (Å²) in [5, 5.41) is 39.3. The van der Waals surface area contributed by atoms with E-state index >= 15 is 0 Å². The molecule has 4 aromatic rings. The van der Waals surface area contributed by atoms with Gasteiger partial charge in [-0.2, -0.15) is 0 Å². The van der Waals surface area contributed by atoms with Crippen LogP contribution < -0.4 is 54.4 Å². The lowest BCUT2D eigenvalue weighted by Crippen LogP contribution is -2.59. The van der Waals surface area contributed by atoms with E-state index in [0.29, 0.717) is 29.5 Å². The zero-order chi connectivity index (χ0) is 55.3. The van der Waals surface area contributed by atoms with Gasteiger partial charge in [0.15, 0.2) is 5.96 Å². The summed E-state index contributed by atoms with van der Waals surface area (Å²) in [7, 11) is 0. The van der Waals surface area contributed by atoms with Crippen molar-refractivity contribution in [1.29, 1.82) is 0 Å². The number of guanidine groups is 1. The summed E-state index contributed by atoms with van der Waals surface area (Å²) in [6.07, 6.45) is 2.61. The third-order valence-electron chi connectivity index (χ3n) is 12.4. The molecule has 3 aromatic carbocycles. The summed E-state index contributed by atoms with van der Waals surface area (Å²) in [5.41, 5.74) is 18.8. The van der Waals surface area contributed by atoms with Crippen LogP contribution in [-0.4, -0.2) is 148 Å². The number of benzene rings is 3. The van der Waals surface area contributed by atoms with E-state index in [1.807, 2.05) is 24.3 Å². The van der Waals surface area contributed by atoms with Gasteiger partial charge in [-0.05, 0) is 72.9 Å². The second-order valence-corrected chi connectivity index (χ2v) is 18.9. The van der Waals surface area contributed by atoms with Gasteiger partial charge in [0.1, 0.15) is 42.0 Å². The Hall–Kier alpha value is -8.54. The molecule has 0 saturated carbocycles. The topological polar surface area (TPSA) is 388 Å². The van der Waals surface area contributed by atoms with E-state index in [-0.39, 0.29) is 69.2 Å². The number of hydrogen-bond acceptors (Lipinski definition) is 12. The summed E-state index contributed by atoms with van der Waals surface area (Å²) < 4.78 is 0. The summed E-state index contributed by atoms with van der Waals surface area (Å²) in [6.45, 7) is 1.86. The highest BCUT2D eigenvalue weighted by atomic mass is 16.3. The van der Waals surface area contributed by atoms with Gasteiger partial charge in [0, 0.05) is 43.0 Å². The molecular weight excluding hydrogens is 983 g/mol. The van der Waals surface area contributed by atoms with Crippen LogP contribution in [0.3, 0.4) is 0 Å². The second-order valence-electron chi connectivity index (χ2n) is 18.9. The molecule has 6 atom stereocenters. The number of aromatic nitrogens is 1. The number of carbonyl (C=O) groups excluding carboxylic acids is 9. The number of primary amides is 1. The highest BCUT2D eigenvalue weighted by Crippen LogP contribution is 2.22. The summed E-state index contributed by atoms with van der Waals surface area (Å²) in [5.74, 6) is -7.06. The first kappa shape index (κ1) is 58.4. The van der Waals surface area contributed by atoms with Crippen molar-refractivity contribution in [3.63, 3.8) is 0 Å². The van der Waals surface area contributed by atoms with Crippen molar-refractivity contribution >= 4 is 70.0 Å². The molecule has 1 fully saturated rings. The van der Waals surface area contributed by atoms with Crippen LogP contribution >= 0.6 is 0 Å². The number of phenolic OH excluding ortho intramolecular Hbond substituents is 1. The Kier molecular flexibility index (Phi) is 22.1. The van der Waals surface area contributed by atoms with Gasteiger partial charge >= 0.3 is 0 Å². The van der Waals surface area contributed by atoms with Crippen LogP contribution in [0.2, 0.25) is 0 Å². The van der Waals surface area contributed by atoms with E-state index in [0.717, 1.165) is 10.9 Å². The van der Waals surface area contributed by atoms with Crippen molar-refractivity contribution in [1.82, 2.24) is 47.1 Å². The van der Waals surface area contributed by atoms with E-state index < -0.39 is 109 Å². The first-order valence-corrected chi connectivity index (χ1v) is 25.0. The quantitative estimate of drug-likeness (QED) is 0.0169. The molecule has 1 saturated heterocycles. The second kappa shape index (κ2) is 28.8. The van der Waals surface area contributed by atoms with Crippen LogP contribution in [0, 0.1) is 5.92 Å². The van der Waals surface area contributed by atoms with Crippen molar-refractivity contribution in [2.75, 3.05) is 32.8 Å². The zero-order valence-corrected chi connectivity index (χ0v) is 42.5. The molecule has 408 valence electrons. The summed E-state index contributed by atoms with van der Waals surface area (Å²) >= 11 is 0. The Balaban J connectivity index is 1.28. The van der Waals surface area contributed by atoms with Crippen LogP contribution in [0.4, 0.5) is 0 Å². The molecule has 1 aliphatic heterocycles. The standard InChI is InChI=1S/C52H69N13O11/c1-30(2)22-38(47(72)62-37(14-8-20-56-52(54)55)51(76)65-21-9-15-42(65)50(75)58-27-43(53)68)61-45(70)28-59-46(71)39(23-32-16-18-34(67)19-17-32)63-49(74)41(29-66)64-48(73)40(60-44(69)24-31-10-4-3-5-11-31)25-33-26-57-36-13-7-6-12-35(33)36/h3-7,10-13,16-19,26,30,37-42,57,66-67H,8-9,14-15,20-25,27-29H2,1-2H3,(H2,53,68)(H,58,75)(H,59,71)(H,60,69)(H,61,70)(H,62,72)(H,63,74)(H,64,73)(H4,54,55,56)/t37-,38-,39-,40-,41-,42-/m0/s1. The molecule has 0 unspecified atom stereocenters. The van der Waals surface area contributed by atoms with Gasteiger partial charge < -0.3 is 74.5 Å². The smallest absolute Gasteiger partial charge is 0.245 e. The predicted molar refractivity (Wildman–Crippen MR) is 280 cm³/mol. The number of fused-ring (bicyclic) bond motifs is 1. The molecule has 76 heavy (non-hydrogen) atoms. The average Bonchev–Trinajstić information content (AvgIpc) is 4.05. The number of H-pyrrole nitrogens is 1. The fourth-order valence-corrected chi connectivity index (χ4v) is 8.64. The Morgan fingerprint density at radius 2 is 1.33 bits per heavy atom. The van der Waals surface area contributed by atoms with Gasteiger partial charge in [-0.25, -0.2) is 0 Å². The number of amides is 9. The lowest BCUT2D eigenvalue weighted by molar-refractivity contribution is -0.142. The van der Waals surface area contributed by atoms with Crippen molar-refractivity contribution in [2.24, 2.45) is 28.1 Å². The lowest BCUT2D eigenvalue weighted by atomic mass is 10.0. The van der Waals surface area contributed by atoms with Gasteiger partial charge in [0.05, 0.1) is 26.1 Å². The molecule has 0 bridgehead atoms. The third kappa shape index (κ3) is 18.1. The number of carbonyl (C=O) groups is 9. The summed E-state index contributed by atoms with van der Waals surface area (Å²) in [4.78, 5) is 130. The predicted octanol–water partition coefficient (Wildman–Crippen LogP) is -1.87. The minimum atomic E-state index is -1.63. The Bertz CT molecular complexity index is 2690. The van der Waals surface area contributed by atoms with Crippen LogP contribution in [0.25, 0.3) is 10.9 Å². The average molecular weight is 1050 g/mol. The number of nitrogens with one attached hydrogen (secondary N) is 8. The number of aliphatic imine (C=N–C) groups is 1. The van der Waals surface area contributed by atoms with Crippen LogP contribution in [0.1, 0.15) is 62.6 Å². The van der Waals surface area contributed by atoms with Crippen LogP contribution in [0.5, 0.6) is 5.75 Å². The molecule has 1 aromatic heterocycles. The first-order valence-electron chi connectivity index (χ1n) is 25.0. The number of rotatable bonds is 28. The van der Waals surface area contributed by atoms with E-state index in [4.69, 9.17) is 17.2 Å². The molecule has 5 rings (SSSR count).